The summed E-state index contributed by atoms with van der Waals surface area (Å²) in [6.07, 6.45) is 0.0651. The van der Waals surface area contributed by atoms with E-state index in [4.69, 9.17) is 9.47 Å². The zero-order valence-electron chi connectivity index (χ0n) is 16.9. The van der Waals surface area contributed by atoms with Crippen LogP contribution >= 0.6 is 0 Å². The van der Waals surface area contributed by atoms with Gasteiger partial charge in [0.05, 0.1) is 25.9 Å². The summed E-state index contributed by atoms with van der Waals surface area (Å²) in [4.78, 5) is 0. The molecule has 3 aromatic carbocycles. The molecule has 1 fully saturated rings. The second kappa shape index (κ2) is 9.51. The molecule has 1 aliphatic heterocycles. The van der Waals surface area contributed by atoms with E-state index in [1.54, 1.807) is 7.11 Å². The molecule has 4 rings (SSSR count). The van der Waals surface area contributed by atoms with Crippen molar-refractivity contribution in [2.45, 2.75) is 25.2 Å². The second-order valence-corrected chi connectivity index (χ2v) is 7.83. The van der Waals surface area contributed by atoms with Gasteiger partial charge in [-0.15, -0.1) is 0 Å². The number of methoxy groups -OCH3 is 1. The molecular formula is C25H29NO3. The van der Waals surface area contributed by atoms with Gasteiger partial charge in [-0.1, -0.05) is 60.7 Å². The Bertz CT molecular complexity index is 923. The molecule has 29 heavy (non-hydrogen) atoms. The summed E-state index contributed by atoms with van der Waals surface area (Å²) in [6.45, 7) is 3.07. The van der Waals surface area contributed by atoms with Crippen molar-refractivity contribution in [3.05, 3.63) is 83.4 Å². The van der Waals surface area contributed by atoms with Crippen molar-refractivity contribution in [3.8, 4) is 0 Å². The van der Waals surface area contributed by atoms with Crippen molar-refractivity contribution in [3.63, 3.8) is 0 Å². The zero-order valence-corrected chi connectivity index (χ0v) is 16.9. The lowest BCUT2D eigenvalue weighted by Crippen LogP contribution is -2.48. The Kier molecular flexibility index (Phi) is 6.57. The van der Waals surface area contributed by atoms with Crippen LogP contribution in [0.1, 0.15) is 22.6 Å². The second-order valence-electron chi connectivity index (χ2n) is 7.83. The molecule has 0 aromatic heterocycles. The highest BCUT2D eigenvalue weighted by Crippen LogP contribution is 2.33. The van der Waals surface area contributed by atoms with Gasteiger partial charge in [0.15, 0.2) is 0 Å². The zero-order chi connectivity index (χ0) is 20.1. The van der Waals surface area contributed by atoms with Crippen LogP contribution in [0.3, 0.4) is 0 Å². The van der Waals surface area contributed by atoms with Crippen molar-refractivity contribution in [2.24, 2.45) is 5.92 Å². The average molecular weight is 392 g/mol. The Morgan fingerprint density at radius 1 is 0.931 bits per heavy atom. The summed E-state index contributed by atoms with van der Waals surface area (Å²) in [5.41, 5.74) is 3.36. The maximum absolute atomic E-state index is 9.36. The van der Waals surface area contributed by atoms with Gasteiger partial charge in [-0.2, -0.15) is 0 Å². The Morgan fingerprint density at radius 3 is 2.45 bits per heavy atom. The first-order valence-electron chi connectivity index (χ1n) is 10.3. The highest BCUT2D eigenvalue weighted by molar-refractivity contribution is 5.82. The molecule has 1 aliphatic rings. The molecule has 4 heteroatoms. The largest absolute Gasteiger partial charge is 0.392 e. The van der Waals surface area contributed by atoms with Crippen LogP contribution in [-0.4, -0.2) is 38.0 Å². The number of hydrogen-bond acceptors (Lipinski definition) is 4. The fourth-order valence-corrected chi connectivity index (χ4v) is 4.37. The summed E-state index contributed by atoms with van der Waals surface area (Å²) in [5, 5.41) is 15.4. The monoisotopic (exact) mass is 391 g/mol. The van der Waals surface area contributed by atoms with Crippen LogP contribution in [-0.2, 0) is 22.7 Å². The lowest BCUT2D eigenvalue weighted by Gasteiger charge is -2.38. The third-order valence-corrected chi connectivity index (χ3v) is 5.87. The molecule has 0 radical (unpaired) electrons. The SMILES string of the molecule is COCC1CNCC(OCc2ccc3ccccc3c2)C1c1ccc(CO)cc1. The van der Waals surface area contributed by atoms with Crippen LogP contribution in [0.5, 0.6) is 0 Å². The summed E-state index contributed by atoms with van der Waals surface area (Å²) < 4.78 is 12.0. The number of piperidine rings is 1. The number of fused-ring (bicyclic) bond motifs is 1. The van der Waals surface area contributed by atoms with Gasteiger partial charge in [0.25, 0.3) is 0 Å². The molecule has 152 valence electrons. The summed E-state index contributed by atoms with van der Waals surface area (Å²) in [7, 11) is 1.76. The Morgan fingerprint density at radius 2 is 1.69 bits per heavy atom. The van der Waals surface area contributed by atoms with Gasteiger partial charge >= 0.3 is 0 Å². The van der Waals surface area contributed by atoms with Crippen LogP contribution in [0, 0.1) is 5.92 Å². The first-order chi connectivity index (χ1) is 14.3. The molecule has 1 saturated heterocycles. The van der Waals surface area contributed by atoms with Crippen molar-refractivity contribution in [1.29, 1.82) is 0 Å². The third-order valence-electron chi connectivity index (χ3n) is 5.87. The maximum atomic E-state index is 9.36. The molecular weight excluding hydrogens is 362 g/mol. The van der Waals surface area contributed by atoms with E-state index >= 15 is 0 Å². The van der Waals surface area contributed by atoms with Crippen LogP contribution < -0.4 is 5.32 Å². The van der Waals surface area contributed by atoms with E-state index in [9.17, 15) is 5.11 Å². The van der Waals surface area contributed by atoms with Gasteiger partial charge in [0.2, 0.25) is 0 Å². The topological polar surface area (TPSA) is 50.7 Å². The molecule has 3 atom stereocenters. The van der Waals surface area contributed by atoms with E-state index in [0.29, 0.717) is 19.1 Å². The van der Waals surface area contributed by atoms with Crippen molar-refractivity contribution >= 4 is 10.8 Å². The van der Waals surface area contributed by atoms with Crippen molar-refractivity contribution in [2.75, 3.05) is 26.8 Å². The third kappa shape index (κ3) is 4.68. The molecule has 0 spiro atoms. The molecule has 1 heterocycles. The molecule has 0 bridgehead atoms. The molecule has 2 N–H and O–H groups in total. The van der Waals surface area contributed by atoms with Gasteiger partial charge in [-0.3, -0.25) is 0 Å². The lowest BCUT2D eigenvalue weighted by molar-refractivity contribution is -0.0193. The lowest BCUT2D eigenvalue weighted by atomic mass is 9.79. The number of rotatable bonds is 7. The molecule has 4 nitrogen and oxygen atoms in total. The maximum Gasteiger partial charge on any atom is 0.0776 e. The van der Waals surface area contributed by atoms with Crippen LogP contribution in [0.2, 0.25) is 0 Å². The first-order valence-corrected chi connectivity index (χ1v) is 10.3. The van der Waals surface area contributed by atoms with E-state index in [2.05, 4.69) is 59.9 Å². The Hall–Kier alpha value is -2.24. The van der Waals surface area contributed by atoms with Gasteiger partial charge in [0.1, 0.15) is 0 Å². The number of ether oxygens (including phenoxy) is 2. The normalized spacial score (nSPS) is 22.1. The van der Waals surface area contributed by atoms with E-state index in [1.807, 2.05) is 12.1 Å². The summed E-state index contributed by atoms with van der Waals surface area (Å²) in [5.74, 6) is 0.597. The Labute approximate surface area is 172 Å². The minimum Gasteiger partial charge on any atom is -0.392 e. The molecule has 3 unspecified atom stereocenters. The van der Waals surface area contributed by atoms with Gasteiger partial charge < -0.3 is 19.9 Å². The number of nitrogens with one attached hydrogen (secondary N) is 1. The Balaban J connectivity index is 1.53. The standard InChI is InChI=1S/C25H29NO3/c1-28-17-23-13-26-14-24(25(23)21-10-6-18(15-27)7-11-21)29-16-19-8-9-20-4-2-3-5-22(20)12-19/h2-12,23-27H,13-17H2,1H3. The van der Waals surface area contributed by atoms with Crippen LogP contribution in [0.25, 0.3) is 10.8 Å². The number of aliphatic hydroxyl groups is 1. The summed E-state index contributed by atoms with van der Waals surface area (Å²) >= 11 is 0. The minimum absolute atomic E-state index is 0.0651. The first kappa shape index (κ1) is 20.0. The average Bonchev–Trinajstić information content (AvgIpc) is 2.78. The fourth-order valence-electron chi connectivity index (χ4n) is 4.37. The van der Waals surface area contributed by atoms with E-state index in [1.165, 1.54) is 21.9 Å². The number of hydrogen-bond donors (Lipinski definition) is 2. The quantitative estimate of drug-likeness (QED) is 0.642. The van der Waals surface area contributed by atoms with Crippen molar-refractivity contribution < 1.29 is 14.6 Å². The minimum atomic E-state index is 0.0651. The molecule has 3 aromatic rings. The predicted molar refractivity (Wildman–Crippen MR) is 116 cm³/mol. The fraction of sp³-hybridized carbons (Fsp3) is 0.360. The van der Waals surface area contributed by atoms with Crippen LogP contribution in [0.4, 0.5) is 0 Å². The number of benzene rings is 3. The smallest absolute Gasteiger partial charge is 0.0776 e. The van der Waals surface area contributed by atoms with E-state index in [0.717, 1.165) is 18.7 Å². The van der Waals surface area contributed by atoms with Crippen molar-refractivity contribution in [1.82, 2.24) is 5.32 Å². The van der Waals surface area contributed by atoms with E-state index < -0.39 is 0 Å². The highest BCUT2D eigenvalue weighted by atomic mass is 16.5. The molecule has 0 aliphatic carbocycles. The highest BCUT2D eigenvalue weighted by Gasteiger charge is 2.35. The molecule has 0 amide bonds. The van der Waals surface area contributed by atoms with Crippen LogP contribution in [0.15, 0.2) is 66.7 Å². The van der Waals surface area contributed by atoms with Gasteiger partial charge in [-0.25, -0.2) is 0 Å². The van der Waals surface area contributed by atoms with E-state index in [-0.39, 0.29) is 18.6 Å². The summed E-state index contributed by atoms with van der Waals surface area (Å²) in [6, 6.07) is 23.2. The number of aliphatic hydroxyl groups excluding tert-OH is 1. The van der Waals surface area contributed by atoms with Gasteiger partial charge in [-0.05, 0) is 33.5 Å². The molecule has 0 saturated carbocycles. The van der Waals surface area contributed by atoms with Gasteiger partial charge in [0, 0.05) is 32.0 Å². The predicted octanol–water partition coefficient (Wildman–Crippen LogP) is 3.87.